The number of aliphatic hydroxyl groups is 1. The first-order valence-corrected chi connectivity index (χ1v) is 7.47. The van der Waals surface area contributed by atoms with Gasteiger partial charge in [-0.15, -0.1) is 0 Å². The SMILES string of the molecule is Cn1cnc2cc(C(=O)NC3c4ccccc4CC3O)cnc21. The summed E-state index contributed by atoms with van der Waals surface area (Å²) in [6, 6.07) is 9.10. The summed E-state index contributed by atoms with van der Waals surface area (Å²) in [5, 5.41) is 13.1. The predicted molar refractivity (Wildman–Crippen MR) is 84.9 cm³/mol. The summed E-state index contributed by atoms with van der Waals surface area (Å²) in [4.78, 5) is 21.0. The average Bonchev–Trinajstić information content (AvgIpc) is 3.08. The molecular weight excluding hydrogens is 292 g/mol. The molecule has 0 spiro atoms. The second kappa shape index (κ2) is 5.17. The lowest BCUT2D eigenvalue weighted by atomic mass is 10.1. The van der Waals surface area contributed by atoms with Crippen molar-refractivity contribution in [2.24, 2.45) is 7.05 Å². The number of nitrogens with zero attached hydrogens (tertiary/aromatic N) is 3. The lowest BCUT2D eigenvalue weighted by Gasteiger charge is -2.17. The number of hydrogen-bond acceptors (Lipinski definition) is 4. The number of benzene rings is 1. The fraction of sp³-hybridized carbons (Fsp3) is 0.235. The molecule has 0 aliphatic heterocycles. The van der Waals surface area contributed by atoms with Crippen molar-refractivity contribution >= 4 is 17.1 Å². The van der Waals surface area contributed by atoms with E-state index in [-0.39, 0.29) is 5.91 Å². The first-order valence-electron chi connectivity index (χ1n) is 7.47. The number of pyridine rings is 1. The number of fused-ring (bicyclic) bond motifs is 2. The highest BCUT2D eigenvalue weighted by atomic mass is 16.3. The molecule has 0 bridgehead atoms. The van der Waals surface area contributed by atoms with Crippen LogP contribution in [0.25, 0.3) is 11.2 Å². The molecule has 2 aromatic heterocycles. The summed E-state index contributed by atoms with van der Waals surface area (Å²) in [5.74, 6) is -0.259. The van der Waals surface area contributed by atoms with E-state index in [1.54, 1.807) is 17.0 Å². The molecule has 0 saturated carbocycles. The predicted octanol–water partition coefficient (Wildman–Crippen LogP) is 1.36. The molecular formula is C17H16N4O2. The highest BCUT2D eigenvalue weighted by Gasteiger charge is 2.32. The third-order valence-corrected chi connectivity index (χ3v) is 4.30. The Labute approximate surface area is 132 Å². The number of nitrogens with one attached hydrogen (secondary N) is 1. The fourth-order valence-electron chi connectivity index (χ4n) is 3.11. The lowest BCUT2D eigenvalue weighted by molar-refractivity contribution is 0.0858. The number of rotatable bonds is 2. The number of hydrogen-bond donors (Lipinski definition) is 2. The maximum atomic E-state index is 12.5. The largest absolute Gasteiger partial charge is 0.390 e. The molecule has 2 atom stereocenters. The van der Waals surface area contributed by atoms with E-state index in [1.165, 1.54) is 6.20 Å². The standard InChI is InChI=1S/C17H16N4O2/c1-21-9-19-13-6-11(8-18-16(13)21)17(23)20-15-12-5-3-2-4-10(12)7-14(15)22/h2-6,8-9,14-15,22H,7H2,1H3,(H,20,23). The molecule has 1 aromatic carbocycles. The van der Waals surface area contributed by atoms with Gasteiger partial charge in [-0.25, -0.2) is 9.97 Å². The highest BCUT2D eigenvalue weighted by molar-refractivity contribution is 5.96. The van der Waals surface area contributed by atoms with Gasteiger partial charge in [0.2, 0.25) is 0 Å². The van der Waals surface area contributed by atoms with Crippen molar-refractivity contribution in [3.8, 4) is 0 Å². The third kappa shape index (κ3) is 2.27. The third-order valence-electron chi connectivity index (χ3n) is 4.30. The van der Waals surface area contributed by atoms with Crippen LogP contribution in [0.1, 0.15) is 27.5 Å². The van der Waals surface area contributed by atoms with Gasteiger partial charge in [0.05, 0.1) is 24.0 Å². The molecule has 2 N–H and O–H groups in total. The number of aromatic nitrogens is 3. The fourth-order valence-corrected chi connectivity index (χ4v) is 3.11. The van der Waals surface area contributed by atoms with E-state index in [4.69, 9.17) is 0 Å². The second-order valence-corrected chi connectivity index (χ2v) is 5.84. The Hall–Kier alpha value is -2.73. The molecule has 2 heterocycles. The molecule has 0 saturated heterocycles. The molecule has 3 aromatic rings. The second-order valence-electron chi connectivity index (χ2n) is 5.84. The number of amides is 1. The van der Waals surface area contributed by atoms with Gasteiger partial charge in [-0.1, -0.05) is 24.3 Å². The first-order chi connectivity index (χ1) is 11.1. The van der Waals surface area contributed by atoms with Crippen LogP contribution in [0.3, 0.4) is 0 Å². The Balaban J connectivity index is 1.62. The summed E-state index contributed by atoms with van der Waals surface area (Å²) in [5.41, 5.74) is 3.89. The molecule has 116 valence electrons. The Morgan fingerprint density at radius 3 is 3.04 bits per heavy atom. The zero-order valence-electron chi connectivity index (χ0n) is 12.6. The first kappa shape index (κ1) is 13.9. The quantitative estimate of drug-likeness (QED) is 0.749. The minimum absolute atomic E-state index is 0.259. The molecule has 1 aliphatic carbocycles. The number of imidazole rings is 1. The van der Waals surface area contributed by atoms with Crippen LogP contribution in [0, 0.1) is 0 Å². The monoisotopic (exact) mass is 308 g/mol. The van der Waals surface area contributed by atoms with E-state index in [0.29, 0.717) is 17.5 Å². The lowest BCUT2D eigenvalue weighted by Crippen LogP contribution is -2.33. The van der Waals surface area contributed by atoms with Crippen LogP contribution in [0.4, 0.5) is 0 Å². The van der Waals surface area contributed by atoms with Crippen molar-refractivity contribution in [1.82, 2.24) is 19.9 Å². The van der Waals surface area contributed by atoms with Crippen LogP contribution >= 0.6 is 0 Å². The van der Waals surface area contributed by atoms with Crippen molar-refractivity contribution in [2.75, 3.05) is 0 Å². The summed E-state index contributed by atoms with van der Waals surface area (Å²) in [6.45, 7) is 0. The molecule has 0 radical (unpaired) electrons. The summed E-state index contributed by atoms with van der Waals surface area (Å²) in [6.07, 6.45) is 3.14. The highest BCUT2D eigenvalue weighted by Crippen LogP contribution is 2.31. The topological polar surface area (TPSA) is 80.0 Å². The van der Waals surface area contributed by atoms with E-state index >= 15 is 0 Å². The Morgan fingerprint density at radius 2 is 2.17 bits per heavy atom. The molecule has 23 heavy (non-hydrogen) atoms. The molecule has 1 aliphatic rings. The van der Waals surface area contributed by atoms with Gasteiger partial charge in [0.25, 0.3) is 5.91 Å². The van der Waals surface area contributed by atoms with Gasteiger partial charge in [-0.2, -0.15) is 0 Å². The summed E-state index contributed by atoms with van der Waals surface area (Å²) in [7, 11) is 1.86. The van der Waals surface area contributed by atoms with Crippen molar-refractivity contribution in [1.29, 1.82) is 0 Å². The number of aliphatic hydroxyl groups excluding tert-OH is 1. The van der Waals surface area contributed by atoms with Gasteiger partial charge in [0.1, 0.15) is 5.52 Å². The zero-order valence-corrected chi connectivity index (χ0v) is 12.6. The van der Waals surface area contributed by atoms with Crippen molar-refractivity contribution in [3.05, 3.63) is 59.5 Å². The normalized spacial score (nSPS) is 19.7. The van der Waals surface area contributed by atoms with Crippen LogP contribution in [-0.2, 0) is 13.5 Å². The van der Waals surface area contributed by atoms with Gasteiger partial charge >= 0.3 is 0 Å². The van der Waals surface area contributed by atoms with Gasteiger partial charge in [0, 0.05) is 19.7 Å². The van der Waals surface area contributed by atoms with E-state index in [0.717, 1.165) is 16.8 Å². The molecule has 6 heteroatoms. The number of carbonyl (C=O) groups is 1. The van der Waals surface area contributed by atoms with E-state index in [1.807, 2.05) is 31.3 Å². The van der Waals surface area contributed by atoms with Crippen molar-refractivity contribution in [2.45, 2.75) is 18.6 Å². The maximum absolute atomic E-state index is 12.5. The molecule has 6 nitrogen and oxygen atoms in total. The minimum atomic E-state index is -0.608. The van der Waals surface area contributed by atoms with Gasteiger partial charge in [-0.3, -0.25) is 4.79 Å². The van der Waals surface area contributed by atoms with E-state index in [9.17, 15) is 9.90 Å². The summed E-state index contributed by atoms with van der Waals surface area (Å²) >= 11 is 0. The van der Waals surface area contributed by atoms with Gasteiger partial charge in [0.15, 0.2) is 5.65 Å². The minimum Gasteiger partial charge on any atom is -0.390 e. The van der Waals surface area contributed by atoms with Crippen LogP contribution in [0.15, 0.2) is 42.9 Å². The zero-order chi connectivity index (χ0) is 16.0. The van der Waals surface area contributed by atoms with Crippen LogP contribution < -0.4 is 5.32 Å². The maximum Gasteiger partial charge on any atom is 0.253 e. The Morgan fingerprint density at radius 1 is 1.35 bits per heavy atom. The van der Waals surface area contributed by atoms with Crippen LogP contribution in [0.5, 0.6) is 0 Å². The number of carbonyl (C=O) groups excluding carboxylic acids is 1. The molecule has 0 fully saturated rings. The smallest absolute Gasteiger partial charge is 0.253 e. The Kier molecular flexibility index (Phi) is 3.12. The molecule has 1 amide bonds. The average molecular weight is 308 g/mol. The van der Waals surface area contributed by atoms with Crippen molar-refractivity contribution < 1.29 is 9.90 Å². The van der Waals surface area contributed by atoms with Gasteiger partial charge in [-0.05, 0) is 17.2 Å². The van der Waals surface area contributed by atoms with Crippen molar-refractivity contribution in [3.63, 3.8) is 0 Å². The summed E-state index contributed by atoms with van der Waals surface area (Å²) < 4.78 is 1.80. The van der Waals surface area contributed by atoms with E-state index < -0.39 is 12.1 Å². The Bertz CT molecular complexity index is 902. The number of aryl methyl sites for hydroxylation is 1. The van der Waals surface area contributed by atoms with Gasteiger partial charge < -0.3 is 15.0 Å². The van der Waals surface area contributed by atoms with Crippen LogP contribution in [0.2, 0.25) is 0 Å². The van der Waals surface area contributed by atoms with E-state index in [2.05, 4.69) is 15.3 Å². The molecule has 2 unspecified atom stereocenters. The molecule has 4 rings (SSSR count). The van der Waals surface area contributed by atoms with Crippen LogP contribution in [-0.4, -0.2) is 31.7 Å².